The second-order valence-corrected chi connectivity index (χ2v) is 9.37. The van der Waals surface area contributed by atoms with Gasteiger partial charge in [-0.05, 0) is 42.0 Å². The lowest BCUT2D eigenvalue weighted by atomic mass is 10.1. The Bertz CT molecular complexity index is 1980. The Morgan fingerprint density at radius 3 is 2.52 bits per heavy atom. The third-order valence-electron chi connectivity index (χ3n) is 6.56. The highest BCUT2D eigenvalue weighted by Crippen LogP contribution is 2.30. The van der Waals surface area contributed by atoms with Gasteiger partial charge in [-0.1, -0.05) is 43.0 Å². The van der Waals surface area contributed by atoms with E-state index in [0.29, 0.717) is 22.7 Å². The van der Waals surface area contributed by atoms with E-state index in [1.54, 1.807) is 24.8 Å². The van der Waals surface area contributed by atoms with Gasteiger partial charge in [0.2, 0.25) is 0 Å². The van der Waals surface area contributed by atoms with Gasteiger partial charge in [0, 0.05) is 36.3 Å². The zero-order valence-corrected chi connectivity index (χ0v) is 21.3. The Labute approximate surface area is 229 Å². The van der Waals surface area contributed by atoms with Crippen LogP contribution in [0.4, 0.5) is 5.69 Å². The summed E-state index contributed by atoms with van der Waals surface area (Å²) in [7, 11) is 0. The molecule has 7 aromatic rings. The number of aromatic amines is 2. The van der Waals surface area contributed by atoms with Gasteiger partial charge in [-0.25, -0.2) is 9.97 Å². The van der Waals surface area contributed by atoms with Crippen LogP contribution >= 0.6 is 0 Å². The molecule has 7 rings (SSSR count). The molecule has 9 heteroatoms. The summed E-state index contributed by atoms with van der Waals surface area (Å²) in [5, 5.41) is 11.0. The number of hydrogen-bond acceptors (Lipinski definition) is 7. The molecule has 192 valence electrons. The molecule has 0 radical (unpaired) electrons. The van der Waals surface area contributed by atoms with E-state index in [0.717, 1.165) is 51.3 Å². The van der Waals surface area contributed by atoms with Crippen molar-refractivity contribution in [2.75, 3.05) is 5.32 Å². The first-order valence-corrected chi connectivity index (χ1v) is 12.8. The highest BCUT2D eigenvalue weighted by Gasteiger charge is 2.18. The van der Waals surface area contributed by atoms with Crippen LogP contribution in [0.1, 0.15) is 5.56 Å². The van der Waals surface area contributed by atoms with E-state index in [-0.39, 0.29) is 0 Å². The first-order chi connectivity index (χ1) is 19.7. The van der Waals surface area contributed by atoms with Crippen LogP contribution in [0.5, 0.6) is 0 Å². The Balaban J connectivity index is 1.21. The highest BCUT2D eigenvalue weighted by molar-refractivity contribution is 5.94. The van der Waals surface area contributed by atoms with Crippen LogP contribution in [0.2, 0.25) is 0 Å². The van der Waals surface area contributed by atoms with Crippen LogP contribution in [-0.2, 0) is 6.42 Å². The summed E-state index contributed by atoms with van der Waals surface area (Å²) in [5.74, 6) is 0.599. The van der Waals surface area contributed by atoms with E-state index in [4.69, 9.17) is 9.97 Å². The lowest BCUT2D eigenvalue weighted by Crippen LogP contribution is -2.02. The smallest absolute Gasteiger partial charge is 0.161 e. The summed E-state index contributed by atoms with van der Waals surface area (Å²) >= 11 is 0. The first-order valence-electron chi connectivity index (χ1n) is 12.8. The van der Waals surface area contributed by atoms with Crippen molar-refractivity contribution in [3.63, 3.8) is 0 Å². The molecule has 3 N–H and O–H groups in total. The fraction of sp³-hybridized carbons (Fsp3) is 0.0323. The van der Waals surface area contributed by atoms with E-state index < -0.39 is 0 Å². The number of H-pyrrole nitrogens is 2. The van der Waals surface area contributed by atoms with Gasteiger partial charge in [0.1, 0.15) is 16.7 Å². The fourth-order valence-electron chi connectivity index (χ4n) is 4.70. The minimum Gasteiger partial charge on any atom is -0.358 e. The van der Waals surface area contributed by atoms with Crippen molar-refractivity contribution in [2.24, 2.45) is 0 Å². The molecule has 6 heterocycles. The largest absolute Gasteiger partial charge is 0.358 e. The fourth-order valence-corrected chi connectivity index (χ4v) is 4.70. The third-order valence-corrected chi connectivity index (χ3v) is 6.56. The topological polar surface area (TPSA) is 121 Å². The maximum absolute atomic E-state index is 4.95. The molecule has 0 atom stereocenters. The molecular formula is C31H23N9. The zero-order chi connectivity index (χ0) is 26.9. The van der Waals surface area contributed by atoms with Gasteiger partial charge < -0.3 is 10.3 Å². The molecule has 0 aliphatic heterocycles. The number of nitrogens with one attached hydrogen (secondary N) is 3. The van der Waals surface area contributed by atoms with Crippen molar-refractivity contribution in [3.05, 3.63) is 115 Å². The maximum atomic E-state index is 4.95. The van der Waals surface area contributed by atoms with Gasteiger partial charge in [-0.15, -0.1) is 0 Å². The van der Waals surface area contributed by atoms with Gasteiger partial charge in [-0.2, -0.15) is 5.10 Å². The van der Waals surface area contributed by atoms with Crippen LogP contribution < -0.4 is 5.32 Å². The van der Waals surface area contributed by atoms with Crippen molar-refractivity contribution in [2.45, 2.75) is 6.42 Å². The van der Waals surface area contributed by atoms with Crippen LogP contribution in [-0.4, -0.2) is 40.1 Å². The number of nitrogens with zero attached hydrogens (tertiary/aromatic N) is 6. The van der Waals surface area contributed by atoms with Crippen LogP contribution in [0, 0.1) is 0 Å². The minimum atomic E-state index is 0.599. The normalized spacial score (nSPS) is 11.2. The number of benzene rings is 1. The summed E-state index contributed by atoms with van der Waals surface area (Å²) in [4.78, 5) is 26.6. The second kappa shape index (κ2) is 9.88. The Hall–Kier alpha value is -5.70. The van der Waals surface area contributed by atoms with Crippen molar-refractivity contribution in [1.82, 2.24) is 40.1 Å². The van der Waals surface area contributed by atoms with Gasteiger partial charge in [0.25, 0.3) is 0 Å². The Morgan fingerprint density at radius 2 is 1.65 bits per heavy atom. The van der Waals surface area contributed by atoms with Crippen LogP contribution in [0.3, 0.4) is 0 Å². The number of imidazole rings is 1. The third kappa shape index (κ3) is 4.45. The summed E-state index contributed by atoms with van der Waals surface area (Å²) in [6.07, 6.45) is 7.79. The van der Waals surface area contributed by atoms with Gasteiger partial charge in [0.15, 0.2) is 11.5 Å². The molecular weight excluding hydrogens is 498 g/mol. The lowest BCUT2D eigenvalue weighted by molar-refractivity contribution is 1.10. The predicted molar refractivity (Wildman–Crippen MR) is 156 cm³/mol. The number of fused-ring (bicyclic) bond motifs is 2. The molecule has 0 fully saturated rings. The molecule has 9 nitrogen and oxygen atoms in total. The summed E-state index contributed by atoms with van der Waals surface area (Å²) in [6, 6.07) is 23.8. The first kappa shape index (κ1) is 23.4. The monoisotopic (exact) mass is 521 g/mol. The Morgan fingerprint density at radius 1 is 0.775 bits per heavy atom. The summed E-state index contributed by atoms with van der Waals surface area (Å²) < 4.78 is 0. The number of aromatic nitrogens is 8. The van der Waals surface area contributed by atoms with Gasteiger partial charge >= 0.3 is 0 Å². The van der Waals surface area contributed by atoms with Crippen molar-refractivity contribution >= 4 is 27.8 Å². The molecule has 0 saturated heterocycles. The Kier molecular flexibility index (Phi) is 5.78. The molecule has 0 bridgehead atoms. The average Bonchev–Trinajstić information content (AvgIpc) is 3.62. The molecule has 0 unspecified atom stereocenters. The zero-order valence-electron chi connectivity index (χ0n) is 21.3. The van der Waals surface area contributed by atoms with E-state index >= 15 is 0 Å². The average molecular weight is 522 g/mol. The minimum absolute atomic E-state index is 0.599. The van der Waals surface area contributed by atoms with E-state index in [1.165, 1.54) is 5.56 Å². The maximum Gasteiger partial charge on any atom is 0.161 e. The lowest BCUT2D eigenvalue weighted by Gasteiger charge is -2.11. The highest BCUT2D eigenvalue weighted by atomic mass is 15.2. The quantitative estimate of drug-likeness (QED) is 0.229. The molecule has 1 aromatic carbocycles. The van der Waals surface area contributed by atoms with Crippen molar-refractivity contribution < 1.29 is 0 Å². The van der Waals surface area contributed by atoms with Crippen LogP contribution in [0.15, 0.2) is 110 Å². The number of rotatable bonds is 7. The number of anilines is 1. The molecule has 0 aliphatic carbocycles. The molecule has 0 saturated carbocycles. The van der Waals surface area contributed by atoms with Gasteiger partial charge in [-0.3, -0.25) is 20.1 Å². The van der Waals surface area contributed by atoms with Crippen molar-refractivity contribution in [1.29, 1.82) is 0 Å². The van der Waals surface area contributed by atoms with Crippen LogP contribution in [0.25, 0.3) is 56.2 Å². The van der Waals surface area contributed by atoms with Gasteiger partial charge in [0.05, 0.1) is 34.3 Å². The SMILES string of the molecule is C=C(Cc1ccccc1)Nc1cncc(-c2ccc3[nH]nc(-c4nc5c(-c6ccccn6)nccc5[nH]4)c3n2)c1. The molecule has 6 aromatic heterocycles. The molecule has 0 amide bonds. The number of pyridine rings is 4. The van der Waals surface area contributed by atoms with E-state index in [2.05, 4.69) is 54.2 Å². The standard InChI is InChI=1S/C31H23N9/c1-19(15-20-7-3-2-4-8-20)35-22-16-21(17-32-18-22)23-10-11-26-29(36-23)30(40-39-26)31-37-25-12-14-34-27(28(25)38-31)24-9-5-6-13-33-24/h2-14,16-18,35H,1,15H2,(H,37,38)(H,39,40). The second-order valence-electron chi connectivity index (χ2n) is 9.37. The van der Waals surface area contributed by atoms with E-state index in [9.17, 15) is 0 Å². The summed E-state index contributed by atoms with van der Waals surface area (Å²) in [6.45, 7) is 4.18. The number of hydrogen-bond donors (Lipinski definition) is 3. The molecule has 40 heavy (non-hydrogen) atoms. The summed E-state index contributed by atoms with van der Waals surface area (Å²) in [5.41, 5.74) is 9.73. The van der Waals surface area contributed by atoms with E-state index in [1.807, 2.05) is 60.7 Å². The molecule has 0 spiro atoms. The predicted octanol–water partition coefficient (Wildman–Crippen LogP) is 6.19. The molecule has 0 aliphatic rings. The van der Waals surface area contributed by atoms with Crippen molar-refractivity contribution in [3.8, 4) is 34.2 Å². The number of allylic oxidation sites excluding steroid dienone is 1.